The van der Waals surface area contributed by atoms with Gasteiger partial charge in [0.2, 0.25) is 0 Å². The van der Waals surface area contributed by atoms with Crippen molar-refractivity contribution >= 4 is 56.1 Å². The lowest BCUT2D eigenvalue weighted by molar-refractivity contribution is 0.824. The number of hydrogen-bond acceptors (Lipinski definition) is 3. The van der Waals surface area contributed by atoms with Gasteiger partial charge in [-0.1, -0.05) is 17.7 Å². The van der Waals surface area contributed by atoms with E-state index in [0.717, 1.165) is 31.1 Å². The first-order valence-corrected chi connectivity index (χ1v) is 8.69. The van der Waals surface area contributed by atoms with E-state index in [-0.39, 0.29) is 0 Å². The molecule has 0 amide bonds. The molecule has 0 saturated carbocycles. The van der Waals surface area contributed by atoms with Gasteiger partial charge in [-0.25, -0.2) is 4.98 Å². The smallest absolute Gasteiger partial charge is 0.142 e. The van der Waals surface area contributed by atoms with Gasteiger partial charge in [0.05, 0.1) is 27.6 Å². The molecule has 0 N–H and O–H groups in total. The molecule has 0 bridgehead atoms. The second-order valence-corrected chi connectivity index (χ2v) is 7.05. The maximum atomic E-state index is 9.29. The maximum Gasteiger partial charge on any atom is 0.142 e. The molecule has 0 unspecified atom stereocenters. The van der Waals surface area contributed by atoms with Gasteiger partial charge in [-0.3, -0.25) is 4.98 Å². The van der Waals surface area contributed by atoms with E-state index in [1.165, 1.54) is 0 Å². The van der Waals surface area contributed by atoms with Gasteiger partial charge in [0.1, 0.15) is 5.65 Å². The van der Waals surface area contributed by atoms with Crippen LogP contribution in [0.1, 0.15) is 11.1 Å². The molecular formula is C18H10ClIN4. The van der Waals surface area contributed by atoms with Crippen molar-refractivity contribution in [3.8, 4) is 6.07 Å². The number of benzene rings is 1. The maximum absolute atomic E-state index is 9.29. The van der Waals surface area contributed by atoms with E-state index < -0.39 is 0 Å². The number of rotatable bonds is 2. The highest BCUT2D eigenvalue weighted by Crippen LogP contribution is 2.26. The zero-order valence-corrected chi connectivity index (χ0v) is 15.3. The topological polar surface area (TPSA) is 54.5 Å². The van der Waals surface area contributed by atoms with Crippen LogP contribution in [0.15, 0.2) is 48.9 Å². The first-order valence-electron chi connectivity index (χ1n) is 7.23. The van der Waals surface area contributed by atoms with Gasteiger partial charge in [0, 0.05) is 34.1 Å². The van der Waals surface area contributed by atoms with Gasteiger partial charge >= 0.3 is 0 Å². The van der Waals surface area contributed by atoms with Gasteiger partial charge in [0.15, 0.2) is 0 Å². The van der Waals surface area contributed by atoms with Crippen LogP contribution in [-0.2, 0) is 6.54 Å². The molecule has 0 radical (unpaired) electrons. The highest BCUT2D eigenvalue weighted by Gasteiger charge is 2.12. The zero-order valence-electron chi connectivity index (χ0n) is 12.4. The Labute approximate surface area is 156 Å². The van der Waals surface area contributed by atoms with Crippen molar-refractivity contribution in [2.45, 2.75) is 6.54 Å². The monoisotopic (exact) mass is 444 g/mol. The van der Waals surface area contributed by atoms with Crippen LogP contribution in [0.25, 0.3) is 21.9 Å². The van der Waals surface area contributed by atoms with Gasteiger partial charge in [-0.15, -0.1) is 0 Å². The Morgan fingerprint density at radius 3 is 2.92 bits per heavy atom. The molecule has 1 aromatic carbocycles. The van der Waals surface area contributed by atoms with E-state index in [1.54, 1.807) is 18.5 Å². The molecule has 6 heteroatoms. The number of pyridine rings is 2. The number of halogens is 2. The van der Waals surface area contributed by atoms with Gasteiger partial charge < -0.3 is 4.57 Å². The van der Waals surface area contributed by atoms with Gasteiger partial charge in [-0.05, 0) is 52.4 Å². The molecule has 4 nitrogen and oxygen atoms in total. The molecule has 0 atom stereocenters. The zero-order chi connectivity index (χ0) is 16.7. The molecule has 0 saturated heterocycles. The summed E-state index contributed by atoms with van der Waals surface area (Å²) in [5.74, 6) is 0. The van der Waals surface area contributed by atoms with E-state index in [4.69, 9.17) is 11.6 Å². The fraction of sp³-hybridized carbons (Fsp3) is 0.0556. The minimum absolute atomic E-state index is 0.626. The minimum Gasteiger partial charge on any atom is -0.327 e. The van der Waals surface area contributed by atoms with Gasteiger partial charge in [-0.2, -0.15) is 5.26 Å². The van der Waals surface area contributed by atoms with Crippen LogP contribution >= 0.6 is 34.2 Å². The summed E-state index contributed by atoms with van der Waals surface area (Å²) >= 11 is 8.29. The molecule has 0 aliphatic rings. The lowest BCUT2D eigenvalue weighted by atomic mass is 10.1. The lowest BCUT2D eigenvalue weighted by Gasteiger charge is -2.07. The van der Waals surface area contributed by atoms with Crippen molar-refractivity contribution in [2.24, 2.45) is 0 Å². The third kappa shape index (κ3) is 2.62. The SMILES string of the molecule is N#Cc1ccnc2c1c(I)cn2Cc1ccc2ncc(Cl)cc2c1. The number of hydrogen-bond donors (Lipinski definition) is 0. The van der Waals surface area contributed by atoms with E-state index in [2.05, 4.69) is 55.3 Å². The number of aromatic nitrogens is 3. The van der Waals surface area contributed by atoms with E-state index in [9.17, 15) is 5.26 Å². The third-order valence-corrected chi connectivity index (χ3v) is 4.92. The Balaban J connectivity index is 1.81. The van der Waals surface area contributed by atoms with Crippen molar-refractivity contribution in [3.05, 3.63) is 68.6 Å². The van der Waals surface area contributed by atoms with Crippen LogP contribution in [0.5, 0.6) is 0 Å². The molecule has 24 heavy (non-hydrogen) atoms. The van der Waals surface area contributed by atoms with Crippen molar-refractivity contribution in [2.75, 3.05) is 0 Å². The first-order chi connectivity index (χ1) is 11.7. The summed E-state index contributed by atoms with van der Waals surface area (Å²) in [5.41, 5.74) is 3.52. The number of fused-ring (bicyclic) bond motifs is 2. The molecule has 4 rings (SSSR count). The van der Waals surface area contributed by atoms with Gasteiger partial charge in [0.25, 0.3) is 0 Å². The fourth-order valence-corrected chi connectivity index (χ4v) is 3.86. The molecule has 116 valence electrons. The molecular weight excluding hydrogens is 435 g/mol. The predicted octanol–water partition coefficient (Wildman–Crippen LogP) is 4.76. The predicted molar refractivity (Wildman–Crippen MR) is 103 cm³/mol. The Morgan fingerprint density at radius 1 is 1.21 bits per heavy atom. The van der Waals surface area contributed by atoms with Crippen LogP contribution < -0.4 is 0 Å². The summed E-state index contributed by atoms with van der Waals surface area (Å²) < 4.78 is 3.09. The Bertz CT molecular complexity index is 1130. The first kappa shape index (κ1) is 15.4. The standard InChI is InChI=1S/C18H10ClIN4/c19-14-6-13-5-11(1-2-16(13)23-8-14)9-24-10-15(20)17-12(7-21)3-4-22-18(17)24/h1-6,8,10H,9H2. The third-order valence-electron chi connectivity index (χ3n) is 3.90. The minimum atomic E-state index is 0.626. The quantitative estimate of drug-likeness (QED) is 0.419. The normalized spacial score (nSPS) is 11.0. The van der Waals surface area contributed by atoms with Crippen molar-refractivity contribution in [1.82, 2.24) is 14.5 Å². The molecule has 0 fully saturated rings. The molecule has 3 heterocycles. The van der Waals surface area contributed by atoms with E-state index >= 15 is 0 Å². The highest BCUT2D eigenvalue weighted by molar-refractivity contribution is 14.1. The highest BCUT2D eigenvalue weighted by atomic mass is 127. The summed E-state index contributed by atoms with van der Waals surface area (Å²) in [7, 11) is 0. The Morgan fingerprint density at radius 2 is 2.08 bits per heavy atom. The second-order valence-electron chi connectivity index (χ2n) is 5.45. The molecule has 0 aliphatic carbocycles. The van der Waals surface area contributed by atoms with Crippen LogP contribution in [0.3, 0.4) is 0 Å². The molecule has 0 spiro atoms. The second kappa shape index (κ2) is 6.04. The summed E-state index contributed by atoms with van der Waals surface area (Å²) in [6.07, 6.45) is 5.36. The Hall–Kier alpha value is -2.17. The van der Waals surface area contributed by atoms with Crippen LogP contribution in [0.4, 0.5) is 0 Å². The van der Waals surface area contributed by atoms with Crippen molar-refractivity contribution < 1.29 is 0 Å². The van der Waals surface area contributed by atoms with Crippen molar-refractivity contribution in [3.63, 3.8) is 0 Å². The van der Waals surface area contributed by atoms with Crippen LogP contribution in [0.2, 0.25) is 5.02 Å². The molecule has 0 aliphatic heterocycles. The average Bonchev–Trinajstić information content (AvgIpc) is 2.90. The van der Waals surface area contributed by atoms with E-state index in [1.807, 2.05) is 18.3 Å². The summed E-state index contributed by atoms with van der Waals surface area (Å²) in [5, 5.41) is 11.8. The number of nitriles is 1. The summed E-state index contributed by atoms with van der Waals surface area (Å²) in [6.45, 7) is 0.670. The lowest BCUT2D eigenvalue weighted by Crippen LogP contribution is -1.99. The van der Waals surface area contributed by atoms with E-state index in [0.29, 0.717) is 17.1 Å². The molecule has 3 aromatic heterocycles. The van der Waals surface area contributed by atoms with Crippen LogP contribution in [-0.4, -0.2) is 14.5 Å². The van der Waals surface area contributed by atoms with Crippen molar-refractivity contribution in [1.29, 1.82) is 5.26 Å². The largest absolute Gasteiger partial charge is 0.327 e. The summed E-state index contributed by atoms with van der Waals surface area (Å²) in [6, 6.07) is 12.0. The van der Waals surface area contributed by atoms with Crippen LogP contribution in [0, 0.1) is 14.9 Å². The molecule has 4 aromatic rings. The summed E-state index contributed by atoms with van der Waals surface area (Å²) in [4.78, 5) is 8.77. The Kier molecular flexibility index (Phi) is 3.87. The fourth-order valence-electron chi connectivity index (χ4n) is 2.83. The number of nitrogens with zero attached hydrogens (tertiary/aromatic N) is 4. The average molecular weight is 445 g/mol.